The SMILES string of the molecule is Nc1cc(C(=O)OCc2ncccn2)c(Br)cc1F. The maximum Gasteiger partial charge on any atom is 0.339 e. The van der Waals surface area contributed by atoms with E-state index in [4.69, 9.17) is 10.5 Å². The highest BCUT2D eigenvalue weighted by molar-refractivity contribution is 9.10. The zero-order chi connectivity index (χ0) is 13.8. The molecule has 2 rings (SSSR count). The number of benzene rings is 1. The molecule has 2 N–H and O–H groups in total. The molecule has 19 heavy (non-hydrogen) atoms. The van der Waals surface area contributed by atoms with Gasteiger partial charge in [0.25, 0.3) is 0 Å². The van der Waals surface area contributed by atoms with Gasteiger partial charge in [-0.1, -0.05) is 0 Å². The highest BCUT2D eigenvalue weighted by Crippen LogP contribution is 2.23. The van der Waals surface area contributed by atoms with Crippen LogP contribution in [0.2, 0.25) is 0 Å². The molecule has 98 valence electrons. The van der Waals surface area contributed by atoms with Crippen LogP contribution >= 0.6 is 15.9 Å². The lowest BCUT2D eigenvalue weighted by Gasteiger charge is -2.07. The third kappa shape index (κ3) is 3.25. The van der Waals surface area contributed by atoms with Crippen LogP contribution in [0.5, 0.6) is 0 Å². The Morgan fingerprint density at radius 3 is 2.74 bits per heavy atom. The third-order valence-corrected chi connectivity index (χ3v) is 2.91. The summed E-state index contributed by atoms with van der Waals surface area (Å²) in [6.45, 7) is -0.0661. The van der Waals surface area contributed by atoms with Gasteiger partial charge in [-0.3, -0.25) is 0 Å². The molecule has 0 spiro atoms. The van der Waals surface area contributed by atoms with Crippen molar-refractivity contribution in [2.75, 3.05) is 5.73 Å². The number of esters is 1. The van der Waals surface area contributed by atoms with Crippen molar-refractivity contribution in [1.82, 2.24) is 9.97 Å². The number of anilines is 1. The van der Waals surface area contributed by atoms with Gasteiger partial charge in [0.05, 0.1) is 11.3 Å². The topological polar surface area (TPSA) is 78.1 Å². The summed E-state index contributed by atoms with van der Waals surface area (Å²) in [7, 11) is 0. The summed E-state index contributed by atoms with van der Waals surface area (Å²) >= 11 is 3.08. The first-order valence-corrected chi connectivity index (χ1v) is 6.05. The molecule has 0 fully saturated rings. The van der Waals surface area contributed by atoms with Crippen LogP contribution in [0.25, 0.3) is 0 Å². The van der Waals surface area contributed by atoms with Crippen LogP contribution in [0.4, 0.5) is 10.1 Å². The summed E-state index contributed by atoms with van der Waals surface area (Å²) in [6, 6.07) is 3.99. The van der Waals surface area contributed by atoms with Crippen molar-refractivity contribution in [2.45, 2.75) is 6.61 Å². The van der Waals surface area contributed by atoms with Gasteiger partial charge in [0.1, 0.15) is 5.82 Å². The Morgan fingerprint density at radius 2 is 2.05 bits per heavy atom. The minimum atomic E-state index is -0.633. The number of hydrogen-bond acceptors (Lipinski definition) is 5. The van der Waals surface area contributed by atoms with E-state index >= 15 is 0 Å². The fraction of sp³-hybridized carbons (Fsp3) is 0.0833. The number of carbonyl (C=O) groups excluding carboxylic acids is 1. The molecule has 0 saturated carbocycles. The molecule has 0 bridgehead atoms. The predicted octanol–water partition coefficient (Wildman–Crippen LogP) is 2.32. The van der Waals surface area contributed by atoms with Crippen LogP contribution in [0.3, 0.4) is 0 Å². The molecule has 0 radical (unpaired) electrons. The number of carbonyl (C=O) groups is 1. The molecule has 5 nitrogen and oxygen atoms in total. The lowest BCUT2D eigenvalue weighted by atomic mass is 10.2. The number of nitrogens with zero attached hydrogens (tertiary/aromatic N) is 2. The van der Waals surface area contributed by atoms with E-state index < -0.39 is 11.8 Å². The van der Waals surface area contributed by atoms with Crippen LogP contribution in [-0.4, -0.2) is 15.9 Å². The molecule has 0 amide bonds. The quantitative estimate of drug-likeness (QED) is 0.692. The van der Waals surface area contributed by atoms with Crippen LogP contribution < -0.4 is 5.73 Å². The predicted molar refractivity (Wildman–Crippen MR) is 69.7 cm³/mol. The third-order valence-electron chi connectivity index (χ3n) is 2.26. The van der Waals surface area contributed by atoms with E-state index in [1.54, 1.807) is 18.5 Å². The summed E-state index contributed by atoms with van der Waals surface area (Å²) in [5.41, 5.74) is 5.43. The van der Waals surface area contributed by atoms with Crippen LogP contribution in [0, 0.1) is 5.82 Å². The Hall–Kier alpha value is -2.02. The summed E-state index contributed by atoms with van der Waals surface area (Å²) in [5, 5.41) is 0. The second-order valence-corrected chi connectivity index (χ2v) is 4.45. The highest BCUT2D eigenvalue weighted by Gasteiger charge is 2.15. The fourth-order valence-corrected chi connectivity index (χ4v) is 1.81. The summed E-state index contributed by atoms with van der Waals surface area (Å²) in [5.74, 6) is -0.858. The van der Waals surface area contributed by atoms with Crippen molar-refractivity contribution >= 4 is 27.6 Å². The van der Waals surface area contributed by atoms with Crippen molar-refractivity contribution in [3.8, 4) is 0 Å². The van der Waals surface area contributed by atoms with E-state index in [-0.39, 0.29) is 22.3 Å². The molecule has 0 aliphatic rings. The molecule has 1 heterocycles. The summed E-state index contributed by atoms with van der Waals surface area (Å²) in [6.07, 6.45) is 3.09. The Balaban J connectivity index is 2.10. The summed E-state index contributed by atoms with van der Waals surface area (Å²) < 4.78 is 18.4. The summed E-state index contributed by atoms with van der Waals surface area (Å²) in [4.78, 5) is 19.6. The van der Waals surface area contributed by atoms with E-state index in [9.17, 15) is 9.18 Å². The number of hydrogen-bond donors (Lipinski definition) is 1. The smallest absolute Gasteiger partial charge is 0.339 e. The van der Waals surface area contributed by atoms with Crippen molar-refractivity contribution < 1.29 is 13.9 Å². The van der Waals surface area contributed by atoms with E-state index in [0.29, 0.717) is 5.82 Å². The molecule has 0 unspecified atom stereocenters. The minimum absolute atomic E-state index is 0.0661. The Labute approximate surface area is 116 Å². The second kappa shape index (κ2) is 5.75. The maximum absolute atomic E-state index is 13.1. The molecule has 1 aromatic carbocycles. The lowest BCUT2D eigenvalue weighted by molar-refractivity contribution is 0.0461. The molecule has 0 atom stereocenters. The number of aromatic nitrogens is 2. The standard InChI is InChI=1S/C12H9BrFN3O2/c13-8-5-9(14)10(15)4-7(8)12(18)19-6-11-16-2-1-3-17-11/h1-5H,6,15H2. The van der Waals surface area contributed by atoms with Gasteiger partial charge in [-0.25, -0.2) is 19.2 Å². The van der Waals surface area contributed by atoms with Crippen molar-refractivity contribution in [1.29, 1.82) is 0 Å². The molecule has 2 aromatic rings. The van der Waals surface area contributed by atoms with Gasteiger partial charge in [0, 0.05) is 16.9 Å². The number of nitrogen functional groups attached to an aromatic ring is 1. The van der Waals surface area contributed by atoms with E-state index in [0.717, 1.165) is 6.07 Å². The van der Waals surface area contributed by atoms with Gasteiger partial charge in [-0.15, -0.1) is 0 Å². The second-order valence-electron chi connectivity index (χ2n) is 3.59. The van der Waals surface area contributed by atoms with Gasteiger partial charge < -0.3 is 10.5 Å². The van der Waals surface area contributed by atoms with Gasteiger partial charge in [0.2, 0.25) is 0 Å². The molecule has 1 aromatic heterocycles. The van der Waals surface area contributed by atoms with Gasteiger partial charge >= 0.3 is 5.97 Å². The highest BCUT2D eigenvalue weighted by atomic mass is 79.9. The Bertz CT molecular complexity index is 607. The van der Waals surface area contributed by atoms with Crippen LogP contribution in [0.1, 0.15) is 16.2 Å². The Kier molecular flexibility index (Phi) is 4.06. The zero-order valence-corrected chi connectivity index (χ0v) is 11.2. The van der Waals surface area contributed by atoms with E-state index in [1.165, 1.54) is 6.07 Å². The molecule has 0 aliphatic heterocycles. The number of rotatable bonds is 3. The van der Waals surface area contributed by atoms with Gasteiger partial charge in [0.15, 0.2) is 12.4 Å². The molecular formula is C12H9BrFN3O2. The monoisotopic (exact) mass is 325 g/mol. The largest absolute Gasteiger partial charge is 0.454 e. The first kappa shape index (κ1) is 13.4. The molecule has 7 heteroatoms. The first-order chi connectivity index (χ1) is 9.08. The average Bonchev–Trinajstić information content (AvgIpc) is 2.41. The van der Waals surface area contributed by atoms with Gasteiger partial charge in [-0.2, -0.15) is 0 Å². The van der Waals surface area contributed by atoms with E-state index in [1.807, 2.05) is 0 Å². The minimum Gasteiger partial charge on any atom is -0.454 e. The van der Waals surface area contributed by atoms with Crippen LogP contribution in [0.15, 0.2) is 35.1 Å². The van der Waals surface area contributed by atoms with Crippen LogP contribution in [-0.2, 0) is 11.3 Å². The average molecular weight is 326 g/mol. The fourth-order valence-electron chi connectivity index (χ4n) is 1.33. The first-order valence-electron chi connectivity index (χ1n) is 5.25. The zero-order valence-electron chi connectivity index (χ0n) is 9.64. The van der Waals surface area contributed by atoms with Crippen molar-refractivity contribution in [2.24, 2.45) is 0 Å². The normalized spacial score (nSPS) is 10.2. The molecule has 0 saturated heterocycles. The molecule has 0 aliphatic carbocycles. The maximum atomic E-state index is 13.1. The lowest BCUT2D eigenvalue weighted by Crippen LogP contribution is -2.09. The van der Waals surface area contributed by atoms with Gasteiger partial charge in [-0.05, 0) is 34.1 Å². The number of nitrogens with two attached hydrogens (primary N) is 1. The van der Waals surface area contributed by atoms with Crippen molar-refractivity contribution in [3.05, 3.63) is 52.3 Å². The Morgan fingerprint density at radius 1 is 1.37 bits per heavy atom. The molecular weight excluding hydrogens is 317 g/mol. The number of ether oxygens (including phenoxy) is 1. The number of halogens is 2. The van der Waals surface area contributed by atoms with Crippen molar-refractivity contribution in [3.63, 3.8) is 0 Å². The van der Waals surface area contributed by atoms with E-state index in [2.05, 4.69) is 25.9 Å².